The first-order valence-electron chi connectivity index (χ1n) is 10.5. The monoisotopic (exact) mass is 432 g/mol. The minimum atomic E-state index is -4.69. The van der Waals surface area contributed by atoms with Gasteiger partial charge >= 0.3 is 7.82 Å². The van der Waals surface area contributed by atoms with Crippen LogP contribution in [0, 0.1) is 23.7 Å². The van der Waals surface area contributed by atoms with E-state index < -0.39 is 19.2 Å². The average molecular weight is 432 g/mol. The van der Waals surface area contributed by atoms with Crippen LogP contribution in [0.1, 0.15) is 37.7 Å². The van der Waals surface area contributed by atoms with Crippen molar-refractivity contribution in [3.05, 3.63) is 42.0 Å². The van der Waals surface area contributed by atoms with E-state index in [9.17, 15) is 14.4 Å². The summed E-state index contributed by atoms with van der Waals surface area (Å²) in [5, 5.41) is 1.42. The second-order valence-electron chi connectivity index (χ2n) is 9.36. The number of phosphoric acid groups is 1. The van der Waals surface area contributed by atoms with Crippen molar-refractivity contribution in [2.24, 2.45) is 23.7 Å². The summed E-state index contributed by atoms with van der Waals surface area (Å²) in [4.78, 5) is 30.4. The molecular weight excluding hydrogens is 407 g/mol. The Morgan fingerprint density at radius 3 is 2.27 bits per heavy atom. The molecule has 160 valence electrons. The van der Waals surface area contributed by atoms with Gasteiger partial charge in [-0.2, -0.15) is 4.89 Å². The fourth-order valence-corrected chi connectivity index (χ4v) is 7.43. The first-order valence-corrected chi connectivity index (χ1v) is 12.1. The molecular formula is C22H25O7P. The largest absolute Gasteiger partial charge is 0.524 e. The van der Waals surface area contributed by atoms with Crippen molar-refractivity contribution in [3.63, 3.8) is 0 Å². The molecule has 1 atom stereocenters. The van der Waals surface area contributed by atoms with Crippen LogP contribution in [0.4, 0.5) is 0 Å². The van der Waals surface area contributed by atoms with E-state index >= 15 is 0 Å². The van der Waals surface area contributed by atoms with Gasteiger partial charge in [0.2, 0.25) is 0 Å². The minimum Gasteiger partial charge on any atom is -0.404 e. The highest BCUT2D eigenvalue weighted by Crippen LogP contribution is 2.69. The molecule has 4 aliphatic carbocycles. The maximum atomic E-state index is 11.5. The molecule has 4 saturated carbocycles. The molecule has 0 radical (unpaired) electrons. The van der Waals surface area contributed by atoms with E-state index in [1.807, 2.05) is 24.3 Å². The molecule has 1 saturated heterocycles. The van der Waals surface area contributed by atoms with Crippen LogP contribution in [0.3, 0.4) is 0 Å². The lowest BCUT2D eigenvalue weighted by atomic mass is 9.47. The fraction of sp³-hybridized carbons (Fsp3) is 0.545. The van der Waals surface area contributed by atoms with Crippen molar-refractivity contribution in [2.75, 3.05) is 7.11 Å². The Hall–Kier alpha value is -1.47. The van der Waals surface area contributed by atoms with Crippen molar-refractivity contribution in [1.29, 1.82) is 0 Å². The summed E-state index contributed by atoms with van der Waals surface area (Å²) in [5.74, 6) is 1.43. The number of benzene rings is 2. The SMILES string of the molecule is COC1(c2ccc3cccc(OP(=O)(O)O)c3c2)OOC12C1CC3CC(C1)CC2C3. The Morgan fingerprint density at radius 1 is 1.00 bits per heavy atom. The van der Waals surface area contributed by atoms with Crippen molar-refractivity contribution >= 4 is 18.6 Å². The predicted molar refractivity (Wildman–Crippen MR) is 107 cm³/mol. The second-order valence-corrected chi connectivity index (χ2v) is 10.5. The van der Waals surface area contributed by atoms with Crippen LogP contribution >= 0.6 is 7.82 Å². The van der Waals surface area contributed by atoms with Crippen LogP contribution in [0.15, 0.2) is 36.4 Å². The highest BCUT2D eigenvalue weighted by molar-refractivity contribution is 7.46. The molecule has 2 aromatic rings. The van der Waals surface area contributed by atoms with Gasteiger partial charge in [-0.15, -0.1) is 0 Å². The molecule has 1 unspecified atom stereocenters. The molecule has 2 aromatic carbocycles. The molecule has 8 heteroatoms. The molecule has 7 nitrogen and oxygen atoms in total. The van der Waals surface area contributed by atoms with E-state index in [1.54, 1.807) is 19.2 Å². The number of phosphoric ester groups is 1. The number of fused-ring (bicyclic) bond motifs is 1. The van der Waals surface area contributed by atoms with Gasteiger partial charge in [-0.3, -0.25) is 9.79 Å². The summed E-state index contributed by atoms with van der Waals surface area (Å²) >= 11 is 0. The molecule has 5 aliphatic rings. The van der Waals surface area contributed by atoms with Gasteiger partial charge in [-0.1, -0.05) is 24.3 Å². The number of ether oxygens (including phenoxy) is 1. The van der Waals surface area contributed by atoms with E-state index in [-0.39, 0.29) is 5.75 Å². The number of methoxy groups -OCH3 is 1. The maximum Gasteiger partial charge on any atom is 0.524 e. The average Bonchev–Trinajstić information content (AvgIpc) is 2.67. The first-order chi connectivity index (χ1) is 14.3. The van der Waals surface area contributed by atoms with E-state index in [4.69, 9.17) is 19.0 Å². The van der Waals surface area contributed by atoms with E-state index in [0.717, 1.165) is 48.5 Å². The lowest BCUT2D eigenvalue weighted by Crippen LogP contribution is -2.76. The van der Waals surface area contributed by atoms with Crippen molar-refractivity contribution in [3.8, 4) is 5.75 Å². The summed E-state index contributed by atoms with van der Waals surface area (Å²) in [7, 11) is -3.03. The molecule has 1 heterocycles. The van der Waals surface area contributed by atoms with Crippen molar-refractivity contribution in [2.45, 2.75) is 43.5 Å². The molecule has 5 fully saturated rings. The van der Waals surface area contributed by atoms with Gasteiger partial charge in [0.1, 0.15) is 5.75 Å². The third-order valence-corrected chi connectivity index (χ3v) is 8.32. The van der Waals surface area contributed by atoms with Crippen molar-refractivity contribution < 1.29 is 33.4 Å². The summed E-state index contributed by atoms with van der Waals surface area (Å²) in [6.45, 7) is 0. The van der Waals surface area contributed by atoms with Crippen molar-refractivity contribution in [1.82, 2.24) is 0 Å². The Kier molecular flexibility index (Phi) is 4.03. The Labute approximate surface area is 174 Å². The molecule has 7 rings (SSSR count). The zero-order valence-corrected chi connectivity index (χ0v) is 17.6. The van der Waals surface area contributed by atoms with Crippen LogP contribution in [0.5, 0.6) is 5.75 Å². The van der Waals surface area contributed by atoms with Crippen LogP contribution in [-0.4, -0.2) is 22.5 Å². The van der Waals surface area contributed by atoms with Gasteiger partial charge < -0.3 is 9.26 Å². The normalized spacial score (nSPS) is 39.4. The zero-order chi connectivity index (χ0) is 20.7. The highest BCUT2D eigenvalue weighted by atomic mass is 31.2. The van der Waals surface area contributed by atoms with Gasteiger partial charge in [0.05, 0.1) is 0 Å². The molecule has 30 heavy (non-hydrogen) atoms. The van der Waals surface area contributed by atoms with Crippen LogP contribution in [0.25, 0.3) is 10.8 Å². The third-order valence-electron chi connectivity index (χ3n) is 7.89. The smallest absolute Gasteiger partial charge is 0.404 e. The first kappa shape index (κ1) is 19.2. The van der Waals surface area contributed by atoms with Gasteiger partial charge in [-0.05, 0) is 73.3 Å². The van der Waals surface area contributed by atoms with Gasteiger partial charge in [0, 0.05) is 18.1 Å². The Balaban J connectivity index is 1.47. The van der Waals surface area contributed by atoms with E-state index in [1.165, 1.54) is 6.42 Å². The second kappa shape index (κ2) is 6.28. The summed E-state index contributed by atoms with van der Waals surface area (Å²) in [5.41, 5.74) is 0.278. The lowest BCUT2D eigenvalue weighted by molar-refractivity contribution is -0.645. The van der Waals surface area contributed by atoms with E-state index in [2.05, 4.69) is 0 Å². The number of hydrogen-bond acceptors (Lipinski definition) is 5. The van der Waals surface area contributed by atoms with Gasteiger partial charge in [-0.25, -0.2) is 9.45 Å². The standard InChI is InChI=1S/C22H25O7P/c1-26-22(21(28-29-22)17-8-13-7-14(10-17)11-18(21)9-13)16-6-5-15-3-2-4-20(19(15)12-16)27-30(23,24)25/h2-6,12-14,17-18H,7-11H2,1H3,(H2,23,24,25). The third kappa shape index (κ3) is 2.48. The summed E-state index contributed by atoms with van der Waals surface area (Å²) < 4.78 is 22.5. The van der Waals surface area contributed by atoms with Gasteiger partial charge in [0.15, 0.2) is 5.60 Å². The molecule has 1 spiro atoms. The minimum absolute atomic E-state index is 0.133. The quantitative estimate of drug-likeness (QED) is 0.550. The molecule has 0 amide bonds. The van der Waals surface area contributed by atoms with Crippen LogP contribution in [-0.2, 0) is 24.9 Å². The summed E-state index contributed by atoms with van der Waals surface area (Å²) in [6, 6.07) is 10.9. The van der Waals surface area contributed by atoms with Crippen LogP contribution < -0.4 is 4.52 Å². The maximum absolute atomic E-state index is 11.5. The number of hydrogen-bond donors (Lipinski definition) is 2. The highest BCUT2D eigenvalue weighted by Gasteiger charge is 2.76. The summed E-state index contributed by atoms with van der Waals surface area (Å²) in [6.07, 6.45) is 5.90. The Morgan fingerprint density at radius 2 is 1.70 bits per heavy atom. The van der Waals surface area contributed by atoms with Gasteiger partial charge in [0.25, 0.3) is 5.79 Å². The number of rotatable bonds is 4. The molecule has 1 aliphatic heterocycles. The van der Waals surface area contributed by atoms with Crippen LogP contribution in [0.2, 0.25) is 0 Å². The lowest BCUT2D eigenvalue weighted by Gasteiger charge is -2.68. The predicted octanol–water partition coefficient (Wildman–Crippen LogP) is 4.27. The van der Waals surface area contributed by atoms with E-state index in [0.29, 0.717) is 17.2 Å². The zero-order valence-electron chi connectivity index (χ0n) is 16.7. The topological polar surface area (TPSA) is 94.5 Å². The molecule has 2 N–H and O–H groups in total. The fourth-order valence-electron chi connectivity index (χ4n) is 7.01. The molecule has 4 bridgehead atoms. The molecule has 0 aromatic heterocycles. The Bertz CT molecular complexity index is 1030.